The van der Waals surface area contributed by atoms with E-state index in [4.69, 9.17) is 9.05 Å². The molecule has 1 fully saturated rings. The van der Waals surface area contributed by atoms with Crippen LogP contribution in [0.25, 0.3) is 11.0 Å². The highest BCUT2D eigenvalue weighted by Crippen LogP contribution is 2.25. The van der Waals surface area contributed by atoms with Crippen LogP contribution in [0.5, 0.6) is 0 Å². The van der Waals surface area contributed by atoms with Crippen molar-refractivity contribution in [3.63, 3.8) is 0 Å². The van der Waals surface area contributed by atoms with Crippen molar-refractivity contribution in [2.75, 3.05) is 26.7 Å². The summed E-state index contributed by atoms with van der Waals surface area (Å²) in [6.07, 6.45) is 4.05. The van der Waals surface area contributed by atoms with Gasteiger partial charge in [-0.25, -0.2) is 9.42 Å². The average molecular weight is 369 g/mol. The molecule has 0 radical (unpaired) electrons. The summed E-state index contributed by atoms with van der Waals surface area (Å²) in [5.41, 5.74) is 2.36. The molecule has 0 saturated carbocycles. The van der Waals surface area contributed by atoms with Gasteiger partial charge in [0, 0.05) is 20.1 Å². The third-order valence-corrected chi connectivity index (χ3v) is 4.98. The lowest BCUT2D eigenvalue weighted by molar-refractivity contribution is 0.187. The van der Waals surface area contributed by atoms with Gasteiger partial charge in [0.25, 0.3) is 0 Å². The number of urea groups is 1. The van der Waals surface area contributed by atoms with E-state index in [1.165, 1.54) is 12.8 Å². The maximum Gasteiger partial charge on any atom is 0.317 e. The molecule has 0 aliphatic carbocycles. The Morgan fingerprint density at radius 2 is 2.07 bits per heavy atom. The lowest BCUT2D eigenvalue weighted by Crippen LogP contribution is -2.42. The third kappa shape index (κ3) is 3.95. The summed E-state index contributed by atoms with van der Waals surface area (Å²) >= 11 is 0. The number of carbonyl (C=O) groups excluding carboxylic acids is 1. The van der Waals surface area contributed by atoms with Crippen molar-refractivity contribution in [2.45, 2.75) is 25.4 Å². The highest BCUT2D eigenvalue weighted by molar-refractivity contribution is 5.75. The molecule has 0 unspecified atom stereocenters. The molecule has 1 aromatic carbocycles. The van der Waals surface area contributed by atoms with Gasteiger partial charge in [0.1, 0.15) is 16.8 Å². The Labute approximate surface area is 157 Å². The first-order chi connectivity index (χ1) is 13.2. The standard InChI is InChI=1S/C19H23N5O3/c1-23(13-14-6-7-15-16(11-14)22-27-21-15)19(25)20-12-17(18-5-4-10-26-18)24-8-2-3-9-24/h4-7,10-11,17H,2-3,8-9,12-13H2,1H3,(H,20,25)/t17-/m0/s1. The fraction of sp³-hybridized carbons (Fsp3) is 0.421. The smallest absolute Gasteiger partial charge is 0.317 e. The molecule has 1 aliphatic rings. The Balaban J connectivity index is 1.36. The lowest BCUT2D eigenvalue weighted by atomic mass is 10.2. The van der Waals surface area contributed by atoms with Crippen LogP contribution in [0.2, 0.25) is 0 Å². The molecule has 3 heterocycles. The molecule has 27 heavy (non-hydrogen) atoms. The lowest BCUT2D eigenvalue weighted by Gasteiger charge is -2.27. The fourth-order valence-corrected chi connectivity index (χ4v) is 3.53. The van der Waals surface area contributed by atoms with Crippen molar-refractivity contribution in [3.05, 3.63) is 47.9 Å². The maximum absolute atomic E-state index is 12.6. The van der Waals surface area contributed by atoms with Crippen molar-refractivity contribution in [3.8, 4) is 0 Å². The molecule has 0 bridgehead atoms. The summed E-state index contributed by atoms with van der Waals surface area (Å²) in [6.45, 7) is 3.05. The predicted octanol–water partition coefficient (Wildman–Crippen LogP) is 2.79. The van der Waals surface area contributed by atoms with Gasteiger partial charge in [0.15, 0.2) is 0 Å². The predicted molar refractivity (Wildman–Crippen MR) is 98.9 cm³/mol. The molecular formula is C19H23N5O3. The van der Waals surface area contributed by atoms with Gasteiger partial charge in [0.2, 0.25) is 0 Å². The first kappa shape index (κ1) is 17.5. The number of amides is 2. The minimum atomic E-state index is -0.121. The Hall–Kier alpha value is -2.87. The second-order valence-electron chi connectivity index (χ2n) is 6.90. The molecular weight excluding hydrogens is 346 g/mol. The topological polar surface area (TPSA) is 87.6 Å². The van der Waals surface area contributed by atoms with E-state index in [9.17, 15) is 4.79 Å². The molecule has 142 valence electrons. The van der Waals surface area contributed by atoms with Crippen LogP contribution in [0.3, 0.4) is 0 Å². The fourth-order valence-electron chi connectivity index (χ4n) is 3.53. The molecule has 3 aromatic rings. The molecule has 1 aliphatic heterocycles. The van der Waals surface area contributed by atoms with Crippen LogP contribution in [0, 0.1) is 0 Å². The number of fused-ring (bicyclic) bond motifs is 1. The van der Waals surface area contributed by atoms with Gasteiger partial charge in [-0.1, -0.05) is 6.07 Å². The van der Waals surface area contributed by atoms with E-state index in [1.54, 1.807) is 18.2 Å². The summed E-state index contributed by atoms with van der Waals surface area (Å²) in [4.78, 5) is 16.6. The molecule has 1 N–H and O–H groups in total. The molecule has 1 atom stereocenters. The van der Waals surface area contributed by atoms with Crippen LogP contribution in [0.1, 0.15) is 30.2 Å². The van der Waals surface area contributed by atoms with E-state index in [-0.39, 0.29) is 12.1 Å². The first-order valence-corrected chi connectivity index (χ1v) is 9.18. The molecule has 2 aromatic heterocycles. The normalized spacial score (nSPS) is 15.9. The largest absolute Gasteiger partial charge is 0.468 e. The van der Waals surface area contributed by atoms with E-state index in [2.05, 4.69) is 20.5 Å². The first-order valence-electron chi connectivity index (χ1n) is 9.18. The zero-order valence-electron chi connectivity index (χ0n) is 15.3. The molecule has 0 spiro atoms. The number of hydrogen-bond donors (Lipinski definition) is 1. The second kappa shape index (κ2) is 7.79. The minimum Gasteiger partial charge on any atom is -0.468 e. The molecule has 8 heteroatoms. The number of aromatic nitrogens is 2. The van der Waals surface area contributed by atoms with E-state index in [1.807, 2.05) is 30.3 Å². The summed E-state index contributed by atoms with van der Waals surface area (Å²) in [5, 5.41) is 10.7. The number of nitrogens with zero attached hydrogens (tertiary/aromatic N) is 4. The quantitative estimate of drug-likeness (QED) is 0.719. The summed E-state index contributed by atoms with van der Waals surface area (Å²) in [7, 11) is 1.78. The van der Waals surface area contributed by atoms with E-state index in [0.717, 1.165) is 24.4 Å². The molecule has 1 saturated heterocycles. The Morgan fingerprint density at radius 1 is 1.26 bits per heavy atom. The summed E-state index contributed by atoms with van der Waals surface area (Å²) in [6, 6.07) is 9.45. The van der Waals surface area contributed by atoms with Gasteiger partial charge in [-0.05, 0) is 66.1 Å². The molecule has 4 rings (SSSR count). The molecule has 2 amide bonds. The number of carbonyl (C=O) groups is 1. The van der Waals surface area contributed by atoms with Crippen molar-refractivity contribution >= 4 is 17.1 Å². The van der Waals surface area contributed by atoms with Crippen LogP contribution in [0.15, 0.2) is 45.6 Å². The Bertz CT molecular complexity index is 886. The van der Waals surface area contributed by atoms with Crippen LogP contribution in [-0.4, -0.2) is 52.8 Å². The highest BCUT2D eigenvalue weighted by atomic mass is 16.6. The number of furan rings is 1. The van der Waals surface area contributed by atoms with Crippen molar-refractivity contribution in [2.24, 2.45) is 0 Å². The zero-order chi connectivity index (χ0) is 18.6. The Kier molecular flexibility index (Phi) is 5.06. The van der Waals surface area contributed by atoms with Crippen LogP contribution >= 0.6 is 0 Å². The van der Waals surface area contributed by atoms with Crippen molar-refractivity contribution < 1.29 is 13.8 Å². The van der Waals surface area contributed by atoms with Crippen LogP contribution in [-0.2, 0) is 6.54 Å². The van der Waals surface area contributed by atoms with E-state index < -0.39 is 0 Å². The number of benzene rings is 1. The van der Waals surface area contributed by atoms with Crippen molar-refractivity contribution in [1.29, 1.82) is 0 Å². The van der Waals surface area contributed by atoms with Gasteiger partial charge in [-0.15, -0.1) is 0 Å². The second-order valence-corrected chi connectivity index (χ2v) is 6.90. The van der Waals surface area contributed by atoms with Crippen LogP contribution < -0.4 is 5.32 Å². The monoisotopic (exact) mass is 369 g/mol. The zero-order valence-corrected chi connectivity index (χ0v) is 15.3. The van der Waals surface area contributed by atoms with Gasteiger partial charge < -0.3 is 14.6 Å². The van der Waals surface area contributed by atoms with Gasteiger partial charge in [0.05, 0.1) is 12.3 Å². The van der Waals surface area contributed by atoms with Gasteiger partial charge >= 0.3 is 6.03 Å². The summed E-state index contributed by atoms with van der Waals surface area (Å²) < 4.78 is 10.3. The van der Waals surface area contributed by atoms with Gasteiger partial charge in [-0.3, -0.25) is 4.90 Å². The highest BCUT2D eigenvalue weighted by Gasteiger charge is 2.26. The van der Waals surface area contributed by atoms with E-state index >= 15 is 0 Å². The average Bonchev–Trinajstić information content (AvgIpc) is 3.43. The molecule has 8 nitrogen and oxygen atoms in total. The van der Waals surface area contributed by atoms with Crippen molar-refractivity contribution in [1.82, 2.24) is 25.4 Å². The number of hydrogen-bond acceptors (Lipinski definition) is 6. The third-order valence-electron chi connectivity index (χ3n) is 4.98. The Morgan fingerprint density at radius 3 is 2.85 bits per heavy atom. The maximum atomic E-state index is 12.6. The SMILES string of the molecule is CN(Cc1ccc2nonc2c1)C(=O)NC[C@@H](c1ccco1)N1CCCC1. The summed E-state index contributed by atoms with van der Waals surface area (Å²) in [5.74, 6) is 0.892. The number of nitrogens with one attached hydrogen (secondary N) is 1. The van der Waals surface area contributed by atoms with Crippen LogP contribution in [0.4, 0.5) is 4.79 Å². The van der Waals surface area contributed by atoms with Gasteiger partial charge in [-0.2, -0.15) is 0 Å². The minimum absolute atomic E-state index is 0.0670. The number of rotatable bonds is 6. The van der Waals surface area contributed by atoms with E-state index in [0.29, 0.717) is 24.1 Å². The number of likely N-dealkylation sites (tertiary alicyclic amines) is 1.